The van der Waals surface area contributed by atoms with Crippen molar-refractivity contribution in [2.24, 2.45) is 0 Å². The summed E-state index contributed by atoms with van der Waals surface area (Å²) in [6, 6.07) is 0. The van der Waals surface area contributed by atoms with Crippen molar-refractivity contribution in [1.29, 1.82) is 0 Å². The van der Waals surface area contributed by atoms with Gasteiger partial charge in [0.2, 0.25) is 0 Å². The molecular formula is C12H27NO2. The second kappa shape index (κ2) is 12.0. The SMILES string of the molecule is CCCCCCCCCCC(O)C[NH2+][O-]. The lowest BCUT2D eigenvalue weighted by atomic mass is 10.1. The van der Waals surface area contributed by atoms with Crippen molar-refractivity contribution in [3.05, 3.63) is 5.21 Å². The van der Waals surface area contributed by atoms with E-state index in [0.29, 0.717) is 6.54 Å². The molecule has 0 rings (SSSR count). The topological polar surface area (TPSA) is 59.9 Å². The summed E-state index contributed by atoms with van der Waals surface area (Å²) >= 11 is 0. The lowest BCUT2D eigenvalue weighted by Gasteiger charge is -2.09. The second-order valence-electron chi connectivity index (χ2n) is 4.32. The lowest BCUT2D eigenvalue weighted by molar-refractivity contribution is -0.596. The molecule has 0 aromatic heterocycles. The zero-order valence-electron chi connectivity index (χ0n) is 10.1. The molecule has 0 heterocycles. The highest BCUT2D eigenvalue weighted by molar-refractivity contribution is 4.53. The smallest absolute Gasteiger partial charge is 0.103 e. The third-order valence-electron chi connectivity index (χ3n) is 2.76. The van der Waals surface area contributed by atoms with Crippen LogP contribution in [0.15, 0.2) is 0 Å². The Morgan fingerprint density at radius 3 is 2.07 bits per heavy atom. The van der Waals surface area contributed by atoms with Crippen LogP contribution in [-0.4, -0.2) is 17.8 Å². The molecule has 0 bridgehead atoms. The summed E-state index contributed by atoms with van der Waals surface area (Å²) in [4.78, 5) is 0. The first-order valence-electron chi connectivity index (χ1n) is 6.43. The Kier molecular flexibility index (Phi) is 11.9. The number of quaternary nitrogens is 1. The molecule has 0 aliphatic carbocycles. The molecule has 3 nitrogen and oxygen atoms in total. The van der Waals surface area contributed by atoms with Crippen LogP contribution in [0.25, 0.3) is 0 Å². The van der Waals surface area contributed by atoms with Gasteiger partial charge in [-0.1, -0.05) is 58.3 Å². The van der Waals surface area contributed by atoms with Crippen LogP contribution in [0.5, 0.6) is 0 Å². The third kappa shape index (κ3) is 11.8. The Morgan fingerprint density at radius 2 is 1.53 bits per heavy atom. The molecule has 15 heavy (non-hydrogen) atoms. The maximum Gasteiger partial charge on any atom is 0.103 e. The number of nitrogens with two attached hydrogens (primary N) is 1. The van der Waals surface area contributed by atoms with Crippen molar-refractivity contribution in [2.45, 2.75) is 70.8 Å². The molecule has 0 spiro atoms. The van der Waals surface area contributed by atoms with E-state index in [-0.39, 0.29) is 0 Å². The first kappa shape index (κ1) is 14.9. The standard InChI is InChI=1S/C12H27NO2/c1-2-3-4-5-6-7-8-9-10-12(14)11-13-15/h12,14H,2-11,13H2,1H3. The molecule has 0 amide bonds. The summed E-state index contributed by atoms with van der Waals surface area (Å²) in [5.41, 5.74) is 0.801. The van der Waals surface area contributed by atoms with Crippen LogP contribution >= 0.6 is 0 Å². The van der Waals surface area contributed by atoms with Gasteiger partial charge < -0.3 is 15.8 Å². The highest BCUT2D eigenvalue weighted by Crippen LogP contribution is 2.10. The number of hydrogen-bond donors (Lipinski definition) is 2. The largest absolute Gasteiger partial charge is 0.636 e. The highest BCUT2D eigenvalue weighted by atomic mass is 16.5. The molecule has 1 atom stereocenters. The van der Waals surface area contributed by atoms with Crippen LogP contribution in [0.2, 0.25) is 0 Å². The van der Waals surface area contributed by atoms with Crippen molar-refractivity contribution in [2.75, 3.05) is 6.54 Å². The van der Waals surface area contributed by atoms with E-state index in [2.05, 4.69) is 6.92 Å². The van der Waals surface area contributed by atoms with E-state index in [0.717, 1.165) is 18.3 Å². The van der Waals surface area contributed by atoms with E-state index in [1.807, 2.05) is 0 Å². The molecule has 0 saturated heterocycles. The monoisotopic (exact) mass is 217 g/mol. The quantitative estimate of drug-likeness (QED) is 0.410. The number of rotatable bonds is 11. The van der Waals surface area contributed by atoms with Crippen LogP contribution in [0.4, 0.5) is 0 Å². The van der Waals surface area contributed by atoms with Gasteiger partial charge in [0.05, 0.1) is 0 Å². The molecule has 0 aliphatic rings. The summed E-state index contributed by atoms with van der Waals surface area (Å²) in [5, 5.41) is 19.4. The molecule has 0 aliphatic heterocycles. The van der Waals surface area contributed by atoms with Gasteiger partial charge in [0.15, 0.2) is 0 Å². The van der Waals surface area contributed by atoms with Gasteiger partial charge in [-0.2, -0.15) is 0 Å². The van der Waals surface area contributed by atoms with Crippen LogP contribution < -0.4 is 5.48 Å². The van der Waals surface area contributed by atoms with Crippen LogP contribution in [0, 0.1) is 5.21 Å². The molecule has 0 saturated carbocycles. The number of aliphatic hydroxyl groups is 1. The number of unbranched alkanes of at least 4 members (excludes halogenated alkanes) is 7. The van der Waals surface area contributed by atoms with E-state index < -0.39 is 6.10 Å². The maximum atomic E-state index is 10.1. The Bertz CT molecular complexity index is 120. The molecule has 0 aromatic rings. The van der Waals surface area contributed by atoms with Gasteiger partial charge in [-0.3, -0.25) is 0 Å². The lowest BCUT2D eigenvalue weighted by Crippen LogP contribution is -2.79. The average Bonchev–Trinajstić information content (AvgIpc) is 2.22. The van der Waals surface area contributed by atoms with Gasteiger partial charge in [0.25, 0.3) is 0 Å². The van der Waals surface area contributed by atoms with Crippen molar-refractivity contribution >= 4 is 0 Å². The first-order valence-corrected chi connectivity index (χ1v) is 6.43. The van der Waals surface area contributed by atoms with E-state index in [9.17, 15) is 10.3 Å². The fraction of sp³-hybridized carbons (Fsp3) is 1.00. The summed E-state index contributed by atoms with van der Waals surface area (Å²) in [5.74, 6) is 0. The van der Waals surface area contributed by atoms with E-state index >= 15 is 0 Å². The summed E-state index contributed by atoms with van der Waals surface area (Å²) in [6.45, 7) is 2.53. The number of hydrogen-bond acceptors (Lipinski definition) is 2. The van der Waals surface area contributed by atoms with Gasteiger partial charge >= 0.3 is 0 Å². The zero-order chi connectivity index (χ0) is 11.4. The fourth-order valence-corrected chi connectivity index (χ4v) is 1.74. The molecule has 3 N–H and O–H groups in total. The Morgan fingerprint density at radius 1 is 1.00 bits per heavy atom. The van der Waals surface area contributed by atoms with Crippen molar-refractivity contribution in [3.8, 4) is 0 Å². The minimum Gasteiger partial charge on any atom is -0.636 e. The second-order valence-corrected chi connectivity index (χ2v) is 4.32. The van der Waals surface area contributed by atoms with E-state index in [1.54, 1.807) is 0 Å². The Balaban J connectivity index is 2.98. The summed E-state index contributed by atoms with van der Waals surface area (Å²) in [6.07, 6.45) is 10.6. The predicted octanol–water partition coefficient (Wildman–Crippen LogP) is 1.94. The summed E-state index contributed by atoms with van der Waals surface area (Å²) in [7, 11) is 0. The average molecular weight is 217 g/mol. The zero-order valence-corrected chi connectivity index (χ0v) is 10.1. The third-order valence-corrected chi connectivity index (χ3v) is 2.76. The van der Waals surface area contributed by atoms with Gasteiger partial charge in [-0.25, -0.2) is 0 Å². The Hall–Kier alpha value is -0.120. The van der Waals surface area contributed by atoms with Gasteiger partial charge in [0, 0.05) is 0 Å². The molecular weight excluding hydrogens is 190 g/mol. The molecule has 92 valence electrons. The molecule has 0 fully saturated rings. The fourth-order valence-electron chi connectivity index (χ4n) is 1.74. The van der Waals surface area contributed by atoms with Gasteiger partial charge in [-0.15, -0.1) is 0 Å². The van der Waals surface area contributed by atoms with Crippen molar-refractivity contribution < 1.29 is 10.6 Å². The van der Waals surface area contributed by atoms with Gasteiger partial charge in [-0.05, 0) is 6.42 Å². The van der Waals surface area contributed by atoms with Gasteiger partial charge in [0.1, 0.15) is 12.6 Å². The predicted molar refractivity (Wildman–Crippen MR) is 63.4 cm³/mol. The minimum absolute atomic E-state index is 0.302. The van der Waals surface area contributed by atoms with Crippen LogP contribution in [0.3, 0.4) is 0 Å². The molecule has 0 radical (unpaired) electrons. The Labute approximate surface area is 93.8 Å². The molecule has 3 heteroatoms. The normalized spacial score (nSPS) is 13.0. The van der Waals surface area contributed by atoms with Crippen molar-refractivity contribution in [1.82, 2.24) is 0 Å². The van der Waals surface area contributed by atoms with Crippen LogP contribution in [0.1, 0.15) is 64.7 Å². The minimum atomic E-state index is -0.400. The highest BCUT2D eigenvalue weighted by Gasteiger charge is 2.02. The van der Waals surface area contributed by atoms with Crippen molar-refractivity contribution in [3.63, 3.8) is 0 Å². The number of aliphatic hydroxyl groups excluding tert-OH is 1. The summed E-state index contributed by atoms with van der Waals surface area (Å²) < 4.78 is 0. The first-order chi connectivity index (χ1) is 7.31. The maximum absolute atomic E-state index is 10.1. The van der Waals surface area contributed by atoms with E-state index in [4.69, 9.17) is 0 Å². The van der Waals surface area contributed by atoms with E-state index in [1.165, 1.54) is 44.9 Å². The van der Waals surface area contributed by atoms with Crippen LogP contribution in [-0.2, 0) is 0 Å². The molecule has 1 unspecified atom stereocenters. The molecule has 0 aromatic carbocycles. The number of hydroxylamine groups is 1.